The molecule has 8 nitrogen and oxygen atoms in total. The summed E-state index contributed by atoms with van der Waals surface area (Å²) in [7, 11) is 1.51. The van der Waals surface area contributed by atoms with Gasteiger partial charge in [0.1, 0.15) is 11.9 Å². The van der Waals surface area contributed by atoms with Gasteiger partial charge in [0, 0.05) is 19.2 Å². The van der Waals surface area contributed by atoms with Crippen molar-refractivity contribution in [3.05, 3.63) is 6.07 Å². The lowest BCUT2D eigenvalue weighted by molar-refractivity contribution is -0.124. The molecule has 0 radical (unpaired) electrons. The first-order chi connectivity index (χ1) is 9.65. The fourth-order valence-electron chi connectivity index (χ4n) is 2.07. The highest BCUT2D eigenvalue weighted by atomic mass is 16.5. The average molecular weight is 281 g/mol. The number of hydrogen-bond acceptors (Lipinski definition) is 7. The fourth-order valence-corrected chi connectivity index (χ4v) is 2.07. The van der Waals surface area contributed by atoms with E-state index in [0.29, 0.717) is 38.0 Å². The maximum atomic E-state index is 12.1. The monoisotopic (exact) mass is 281 g/mol. The molecule has 20 heavy (non-hydrogen) atoms. The maximum Gasteiger partial charge on any atom is 0.245 e. The van der Waals surface area contributed by atoms with Crippen LogP contribution in [0.25, 0.3) is 0 Å². The van der Waals surface area contributed by atoms with E-state index in [1.807, 2.05) is 11.8 Å². The molecular weight excluding hydrogens is 262 g/mol. The molecule has 1 atom stereocenters. The summed E-state index contributed by atoms with van der Waals surface area (Å²) in [4.78, 5) is 22.1. The van der Waals surface area contributed by atoms with Crippen molar-refractivity contribution in [3.8, 4) is 5.88 Å². The quantitative estimate of drug-likeness (QED) is 0.760. The second-order valence-electron chi connectivity index (χ2n) is 4.31. The summed E-state index contributed by atoms with van der Waals surface area (Å²) in [6, 6.07) is 1.23. The molecule has 3 N–H and O–H groups in total. The van der Waals surface area contributed by atoms with Crippen LogP contribution in [0.15, 0.2) is 6.07 Å². The van der Waals surface area contributed by atoms with Crippen molar-refractivity contribution in [2.24, 2.45) is 0 Å². The number of carbonyl (C=O) groups excluding carboxylic acids is 1. The highest BCUT2D eigenvalue weighted by molar-refractivity contribution is 5.85. The van der Waals surface area contributed by atoms with Gasteiger partial charge in [-0.2, -0.15) is 9.97 Å². The van der Waals surface area contributed by atoms with E-state index in [2.05, 4.69) is 15.3 Å². The van der Waals surface area contributed by atoms with E-state index in [1.165, 1.54) is 7.11 Å². The minimum Gasteiger partial charge on any atom is -0.481 e. The topological polar surface area (TPSA) is 103 Å². The predicted molar refractivity (Wildman–Crippen MR) is 73.6 cm³/mol. The third kappa shape index (κ3) is 3.08. The number of likely N-dealkylation sites (N-methyl/N-ethyl adjacent to an activating group) is 1. The molecule has 1 aromatic rings. The molecule has 2 heterocycles. The molecule has 2 rings (SSSR count). The van der Waals surface area contributed by atoms with Gasteiger partial charge >= 0.3 is 0 Å². The smallest absolute Gasteiger partial charge is 0.245 e. The summed E-state index contributed by atoms with van der Waals surface area (Å²) in [5.41, 5.74) is 5.66. The third-order valence-electron chi connectivity index (χ3n) is 2.99. The van der Waals surface area contributed by atoms with Crippen molar-refractivity contribution < 1.29 is 14.3 Å². The van der Waals surface area contributed by atoms with Crippen molar-refractivity contribution >= 4 is 17.7 Å². The number of nitrogen functional groups attached to an aromatic ring is 1. The molecule has 1 aliphatic rings. The summed E-state index contributed by atoms with van der Waals surface area (Å²) in [6.45, 7) is 3.84. The Kier molecular flexibility index (Phi) is 4.57. The number of nitrogens with zero attached hydrogens (tertiary/aromatic N) is 3. The molecule has 1 aromatic heterocycles. The summed E-state index contributed by atoms with van der Waals surface area (Å²) >= 11 is 0. The van der Waals surface area contributed by atoms with E-state index >= 15 is 0 Å². The molecular formula is C12H19N5O3. The zero-order valence-electron chi connectivity index (χ0n) is 11.6. The summed E-state index contributed by atoms with van der Waals surface area (Å²) in [5, 5.41) is 2.79. The zero-order valence-corrected chi connectivity index (χ0v) is 11.6. The van der Waals surface area contributed by atoms with Crippen LogP contribution in [-0.2, 0) is 9.53 Å². The van der Waals surface area contributed by atoms with Crippen molar-refractivity contribution in [1.29, 1.82) is 0 Å². The van der Waals surface area contributed by atoms with Crippen LogP contribution in [0.3, 0.4) is 0 Å². The van der Waals surface area contributed by atoms with E-state index < -0.39 is 6.04 Å². The van der Waals surface area contributed by atoms with Crippen molar-refractivity contribution in [3.63, 3.8) is 0 Å². The van der Waals surface area contributed by atoms with Gasteiger partial charge in [-0.25, -0.2) is 0 Å². The molecule has 1 fully saturated rings. The normalized spacial score (nSPS) is 18.7. The van der Waals surface area contributed by atoms with Crippen LogP contribution in [-0.4, -0.2) is 55.3 Å². The maximum absolute atomic E-state index is 12.1. The summed E-state index contributed by atoms with van der Waals surface area (Å²) in [5.74, 6) is 0.950. The molecule has 8 heteroatoms. The van der Waals surface area contributed by atoms with Crippen LogP contribution in [0.1, 0.15) is 6.92 Å². The van der Waals surface area contributed by atoms with Crippen molar-refractivity contribution in [2.45, 2.75) is 13.0 Å². The Morgan fingerprint density at radius 1 is 1.65 bits per heavy atom. The van der Waals surface area contributed by atoms with Crippen LogP contribution in [0.5, 0.6) is 5.88 Å². The molecule has 1 amide bonds. The standard InChI is InChI=1S/C12H19N5O3/c1-3-14-11(18)8-7-20-5-4-17(8)9-6-10(19-2)16-12(13)15-9/h6,8H,3-5,7H2,1-2H3,(H,14,18)(H2,13,15,16). The molecule has 110 valence electrons. The van der Waals surface area contributed by atoms with Crippen LogP contribution < -0.4 is 20.7 Å². The lowest BCUT2D eigenvalue weighted by Crippen LogP contribution is -2.54. The van der Waals surface area contributed by atoms with Gasteiger partial charge in [0.05, 0.1) is 20.3 Å². The average Bonchev–Trinajstić information content (AvgIpc) is 2.46. The van der Waals surface area contributed by atoms with E-state index in [-0.39, 0.29) is 11.9 Å². The minimum atomic E-state index is -0.428. The molecule has 1 unspecified atom stereocenters. The first-order valence-electron chi connectivity index (χ1n) is 6.46. The number of anilines is 2. The first kappa shape index (κ1) is 14.3. The Morgan fingerprint density at radius 3 is 3.15 bits per heavy atom. The number of hydrogen-bond donors (Lipinski definition) is 2. The molecule has 0 saturated carbocycles. The minimum absolute atomic E-state index is 0.0941. The van der Waals surface area contributed by atoms with Gasteiger partial charge in [-0.05, 0) is 6.92 Å². The van der Waals surface area contributed by atoms with E-state index in [4.69, 9.17) is 15.2 Å². The predicted octanol–water partition coefficient (Wildman–Crippen LogP) is -0.591. The number of carbonyl (C=O) groups is 1. The Hall–Kier alpha value is -2.09. The van der Waals surface area contributed by atoms with E-state index in [1.54, 1.807) is 6.07 Å². The van der Waals surface area contributed by atoms with Gasteiger partial charge in [0.15, 0.2) is 0 Å². The second kappa shape index (κ2) is 6.38. The van der Waals surface area contributed by atoms with Gasteiger partial charge < -0.3 is 25.4 Å². The lowest BCUT2D eigenvalue weighted by Gasteiger charge is -2.35. The van der Waals surface area contributed by atoms with Crippen LogP contribution in [0.4, 0.5) is 11.8 Å². The van der Waals surface area contributed by atoms with Gasteiger partial charge in [-0.3, -0.25) is 4.79 Å². The molecule has 0 spiro atoms. The first-order valence-corrected chi connectivity index (χ1v) is 6.46. The van der Waals surface area contributed by atoms with Gasteiger partial charge in [-0.1, -0.05) is 0 Å². The lowest BCUT2D eigenvalue weighted by atomic mass is 10.2. The van der Waals surface area contributed by atoms with Crippen molar-refractivity contribution in [2.75, 3.05) is 44.0 Å². The number of ether oxygens (including phenoxy) is 2. The molecule has 0 bridgehead atoms. The highest BCUT2D eigenvalue weighted by Crippen LogP contribution is 2.22. The molecule has 0 aliphatic carbocycles. The van der Waals surface area contributed by atoms with Crippen molar-refractivity contribution in [1.82, 2.24) is 15.3 Å². The van der Waals surface area contributed by atoms with Gasteiger partial charge in [0.25, 0.3) is 0 Å². The molecule has 0 aromatic carbocycles. The fraction of sp³-hybridized carbons (Fsp3) is 0.583. The van der Waals surface area contributed by atoms with Crippen LogP contribution in [0.2, 0.25) is 0 Å². The Balaban J connectivity index is 2.27. The molecule has 1 aliphatic heterocycles. The number of methoxy groups -OCH3 is 1. The van der Waals surface area contributed by atoms with Gasteiger partial charge in [-0.15, -0.1) is 0 Å². The third-order valence-corrected chi connectivity index (χ3v) is 2.99. The van der Waals surface area contributed by atoms with E-state index in [9.17, 15) is 4.79 Å². The SMILES string of the molecule is CCNC(=O)C1COCCN1c1cc(OC)nc(N)n1. The summed E-state index contributed by atoms with van der Waals surface area (Å²) < 4.78 is 10.5. The van der Waals surface area contributed by atoms with E-state index in [0.717, 1.165) is 0 Å². The number of morpholine rings is 1. The highest BCUT2D eigenvalue weighted by Gasteiger charge is 2.30. The largest absolute Gasteiger partial charge is 0.481 e. The zero-order chi connectivity index (χ0) is 14.5. The summed E-state index contributed by atoms with van der Waals surface area (Å²) in [6.07, 6.45) is 0. The second-order valence-corrected chi connectivity index (χ2v) is 4.31. The van der Waals surface area contributed by atoms with Crippen LogP contribution in [0, 0.1) is 0 Å². The number of amides is 1. The Labute approximate surface area is 117 Å². The van der Waals surface area contributed by atoms with Crippen LogP contribution >= 0.6 is 0 Å². The van der Waals surface area contributed by atoms with Gasteiger partial charge in [0.2, 0.25) is 17.7 Å². The Bertz CT molecular complexity index is 482. The number of nitrogens with two attached hydrogens (primary N) is 1. The number of rotatable bonds is 4. The number of aromatic nitrogens is 2. The number of nitrogens with one attached hydrogen (secondary N) is 1. The molecule has 1 saturated heterocycles. The Morgan fingerprint density at radius 2 is 2.45 bits per heavy atom.